The van der Waals surface area contributed by atoms with Gasteiger partial charge in [-0.2, -0.15) is 4.98 Å². The Hall–Kier alpha value is -1.94. The topological polar surface area (TPSA) is 60.2 Å². The molecule has 0 bridgehead atoms. The van der Waals surface area contributed by atoms with Gasteiger partial charge in [0.15, 0.2) is 0 Å². The average molecular weight is 264 g/mol. The number of rotatable bonds is 3. The number of pyridine rings is 1. The average Bonchev–Trinajstić information content (AvgIpc) is 2.36. The molecule has 0 atom stereocenters. The molecule has 0 aliphatic rings. The van der Waals surface area contributed by atoms with Crippen LogP contribution in [0.15, 0.2) is 30.3 Å². The molecule has 2 aromatic rings. The number of methoxy groups -OCH3 is 1. The zero-order chi connectivity index (χ0) is 13.1. The highest BCUT2D eigenvalue weighted by atomic mass is 35.5. The number of nitrogens with two attached hydrogens (primary N) is 1. The first-order chi connectivity index (χ1) is 8.60. The summed E-state index contributed by atoms with van der Waals surface area (Å²) in [5.74, 6) is 1.03. The molecule has 94 valence electrons. The maximum absolute atomic E-state index is 6.10. The quantitative estimate of drug-likeness (QED) is 0.891. The number of hydrogen-bond donors (Lipinski definition) is 2. The second-order valence-corrected chi connectivity index (χ2v) is 4.31. The van der Waals surface area contributed by atoms with Crippen molar-refractivity contribution < 1.29 is 4.74 Å². The minimum absolute atomic E-state index is 0.392. The van der Waals surface area contributed by atoms with Crippen LogP contribution in [0, 0.1) is 6.92 Å². The Labute approximate surface area is 111 Å². The third-order valence-electron chi connectivity index (χ3n) is 2.47. The van der Waals surface area contributed by atoms with Gasteiger partial charge in [0.2, 0.25) is 5.88 Å². The van der Waals surface area contributed by atoms with E-state index in [1.54, 1.807) is 12.1 Å². The van der Waals surface area contributed by atoms with Gasteiger partial charge in [0, 0.05) is 0 Å². The van der Waals surface area contributed by atoms with Gasteiger partial charge < -0.3 is 15.8 Å². The highest BCUT2D eigenvalue weighted by molar-refractivity contribution is 6.33. The number of benzene rings is 1. The normalized spacial score (nSPS) is 10.2. The molecule has 2 rings (SSSR count). The van der Waals surface area contributed by atoms with Gasteiger partial charge in [-0.15, -0.1) is 0 Å². The lowest BCUT2D eigenvalue weighted by Crippen LogP contribution is -1.99. The van der Waals surface area contributed by atoms with E-state index in [2.05, 4.69) is 10.3 Å². The van der Waals surface area contributed by atoms with Crippen LogP contribution in [0.1, 0.15) is 5.56 Å². The molecule has 0 aliphatic carbocycles. The second-order valence-electron chi connectivity index (χ2n) is 3.90. The summed E-state index contributed by atoms with van der Waals surface area (Å²) in [5.41, 5.74) is 8.12. The first-order valence-electron chi connectivity index (χ1n) is 5.44. The molecule has 1 aromatic carbocycles. The molecule has 0 unspecified atom stereocenters. The third kappa shape index (κ3) is 2.65. The van der Waals surface area contributed by atoms with Crippen molar-refractivity contribution in [2.45, 2.75) is 6.92 Å². The Morgan fingerprint density at radius 3 is 2.78 bits per heavy atom. The molecule has 0 amide bonds. The molecule has 18 heavy (non-hydrogen) atoms. The van der Waals surface area contributed by atoms with Gasteiger partial charge in [-0.1, -0.05) is 17.7 Å². The van der Waals surface area contributed by atoms with Gasteiger partial charge in [-0.3, -0.25) is 0 Å². The summed E-state index contributed by atoms with van der Waals surface area (Å²) >= 11 is 6.10. The first-order valence-corrected chi connectivity index (χ1v) is 5.81. The SMILES string of the molecule is COc1nc(Nc2cc(C)ccc2Cl)ccc1N. The van der Waals surface area contributed by atoms with Crippen LogP contribution in [0.25, 0.3) is 0 Å². The number of halogens is 1. The van der Waals surface area contributed by atoms with E-state index in [1.165, 1.54) is 7.11 Å². The molecular weight excluding hydrogens is 250 g/mol. The summed E-state index contributed by atoms with van der Waals surface area (Å²) in [4.78, 5) is 4.24. The predicted molar refractivity (Wildman–Crippen MR) is 74.7 cm³/mol. The summed E-state index contributed by atoms with van der Waals surface area (Å²) in [7, 11) is 1.53. The number of aryl methyl sites for hydroxylation is 1. The number of nitrogens with zero attached hydrogens (tertiary/aromatic N) is 1. The lowest BCUT2D eigenvalue weighted by Gasteiger charge is -2.10. The number of anilines is 3. The van der Waals surface area contributed by atoms with Crippen LogP contribution in [-0.2, 0) is 0 Å². The summed E-state index contributed by atoms with van der Waals surface area (Å²) < 4.78 is 5.07. The van der Waals surface area contributed by atoms with Crippen LogP contribution in [0.5, 0.6) is 5.88 Å². The smallest absolute Gasteiger partial charge is 0.238 e. The second kappa shape index (κ2) is 5.14. The molecule has 0 radical (unpaired) electrons. The van der Waals surface area contributed by atoms with Gasteiger partial charge in [-0.05, 0) is 36.8 Å². The molecule has 0 fully saturated rings. The standard InChI is InChI=1S/C13H14ClN3O/c1-8-3-4-9(14)11(7-8)16-12-6-5-10(15)13(17-12)18-2/h3-7H,15H2,1-2H3,(H,16,17). The van der Waals surface area contributed by atoms with Crippen molar-refractivity contribution in [3.05, 3.63) is 40.9 Å². The number of nitrogen functional groups attached to an aromatic ring is 1. The minimum atomic E-state index is 0.392. The Morgan fingerprint density at radius 1 is 1.28 bits per heavy atom. The number of nitrogens with one attached hydrogen (secondary N) is 1. The van der Waals surface area contributed by atoms with Crippen molar-refractivity contribution in [1.82, 2.24) is 4.98 Å². The van der Waals surface area contributed by atoms with Gasteiger partial charge >= 0.3 is 0 Å². The summed E-state index contributed by atoms with van der Waals surface area (Å²) in [6.45, 7) is 2.00. The van der Waals surface area contributed by atoms with Crippen molar-refractivity contribution in [3.63, 3.8) is 0 Å². The molecule has 1 aromatic heterocycles. The number of aromatic nitrogens is 1. The lowest BCUT2D eigenvalue weighted by molar-refractivity contribution is 0.401. The molecule has 0 saturated carbocycles. The van der Waals surface area contributed by atoms with E-state index in [0.29, 0.717) is 22.4 Å². The molecule has 3 N–H and O–H groups in total. The van der Waals surface area contributed by atoms with E-state index in [-0.39, 0.29) is 0 Å². The van der Waals surface area contributed by atoms with Crippen LogP contribution < -0.4 is 15.8 Å². The fourth-order valence-corrected chi connectivity index (χ4v) is 1.72. The van der Waals surface area contributed by atoms with Crippen LogP contribution in [-0.4, -0.2) is 12.1 Å². The van der Waals surface area contributed by atoms with Crippen LogP contribution >= 0.6 is 11.6 Å². The van der Waals surface area contributed by atoms with Gasteiger partial charge in [0.25, 0.3) is 0 Å². The molecule has 4 nitrogen and oxygen atoms in total. The Bertz CT molecular complexity index is 572. The zero-order valence-electron chi connectivity index (χ0n) is 10.2. The fraction of sp³-hybridized carbons (Fsp3) is 0.154. The predicted octanol–water partition coefficient (Wildman–Crippen LogP) is 3.38. The van der Waals surface area contributed by atoms with Crippen molar-refractivity contribution >= 4 is 28.8 Å². The van der Waals surface area contributed by atoms with E-state index in [4.69, 9.17) is 22.1 Å². The van der Waals surface area contributed by atoms with Gasteiger partial charge in [-0.25, -0.2) is 0 Å². The molecular formula is C13H14ClN3O. The van der Waals surface area contributed by atoms with E-state index < -0.39 is 0 Å². The Balaban J connectivity index is 2.31. The molecule has 5 heteroatoms. The van der Waals surface area contributed by atoms with Crippen molar-refractivity contribution in [2.75, 3.05) is 18.2 Å². The highest BCUT2D eigenvalue weighted by Gasteiger charge is 2.05. The van der Waals surface area contributed by atoms with Crippen LogP contribution in [0.2, 0.25) is 5.02 Å². The van der Waals surface area contributed by atoms with Crippen molar-refractivity contribution in [1.29, 1.82) is 0 Å². The van der Waals surface area contributed by atoms with Gasteiger partial charge in [0.05, 0.1) is 23.5 Å². The summed E-state index contributed by atoms with van der Waals surface area (Å²) in [6.07, 6.45) is 0. The maximum Gasteiger partial charge on any atom is 0.238 e. The maximum atomic E-state index is 6.10. The molecule has 0 spiro atoms. The zero-order valence-corrected chi connectivity index (χ0v) is 11.0. The van der Waals surface area contributed by atoms with E-state index in [0.717, 1.165) is 11.3 Å². The largest absolute Gasteiger partial charge is 0.479 e. The Morgan fingerprint density at radius 2 is 2.06 bits per heavy atom. The van der Waals surface area contributed by atoms with E-state index >= 15 is 0 Å². The monoisotopic (exact) mass is 263 g/mol. The van der Waals surface area contributed by atoms with E-state index in [1.807, 2.05) is 25.1 Å². The first kappa shape index (κ1) is 12.5. The third-order valence-corrected chi connectivity index (χ3v) is 2.80. The number of hydrogen-bond acceptors (Lipinski definition) is 4. The molecule has 0 aliphatic heterocycles. The summed E-state index contributed by atoms with van der Waals surface area (Å²) in [5, 5.41) is 3.77. The van der Waals surface area contributed by atoms with Crippen LogP contribution in [0.4, 0.5) is 17.2 Å². The Kier molecular flexibility index (Phi) is 3.58. The summed E-state index contributed by atoms with van der Waals surface area (Å²) in [6, 6.07) is 9.25. The lowest BCUT2D eigenvalue weighted by atomic mass is 10.2. The van der Waals surface area contributed by atoms with Gasteiger partial charge in [0.1, 0.15) is 5.82 Å². The highest BCUT2D eigenvalue weighted by Crippen LogP contribution is 2.27. The van der Waals surface area contributed by atoms with Crippen molar-refractivity contribution in [3.8, 4) is 5.88 Å². The molecule has 0 saturated heterocycles. The number of ether oxygens (including phenoxy) is 1. The molecule has 1 heterocycles. The van der Waals surface area contributed by atoms with Crippen molar-refractivity contribution in [2.24, 2.45) is 0 Å². The minimum Gasteiger partial charge on any atom is -0.479 e. The van der Waals surface area contributed by atoms with E-state index in [9.17, 15) is 0 Å². The van der Waals surface area contributed by atoms with Crippen LogP contribution in [0.3, 0.4) is 0 Å². The fourth-order valence-electron chi connectivity index (χ4n) is 1.56.